The van der Waals surface area contributed by atoms with Crippen LogP contribution in [0.5, 0.6) is 0 Å². The van der Waals surface area contributed by atoms with Gasteiger partial charge in [-0.05, 0) is 38.4 Å². The van der Waals surface area contributed by atoms with Gasteiger partial charge in [-0.3, -0.25) is 9.78 Å². The Morgan fingerprint density at radius 3 is 3.17 bits per heavy atom. The monoisotopic (exact) mass is 247 g/mol. The van der Waals surface area contributed by atoms with Crippen molar-refractivity contribution in [2.45, 2.75) is 32.2 Å². The molecule has 1 aromatic heterocycles. The summed E-state index contributed by atoms with van der Waals surface area (Å²) < 4.78 is 0. The number of likely N-dealkylation sites (N-methyl/N-ethyl adjacent to an activating group) is 1. The number of hydrogen-bond acceptors (Lipinski definition) is 3. The molecule has 1 fully saturated rings. The van der Waals surface area contributed by atoms with Crippen LogP contribution in [0.2, 0.25) is 0 Å². The molecule has 1 amide bonds. The second kappa shape index (κ2) is 5.96. The lowest BCUT2D eigenvalue weighted by Gasteiger charge is -2.24. The second-order valence-corrected chi connectivity index (χ2v) is 4.88. The fourth-order valence-corrected chi connectivity index (χ4v) is 2.56. The van der Waals surface area contributed by atoms with E-state index in [2.05, 4.69) is 10.3 Å². The summed E-state index contributed by atoms with van der Waals surface area (Å²) in [5.41, 5.74) is 1.99. The second-order valence-electron chi connectivity index (χ2n) is 4.88. The molecular formula is C14H21N3O. The molecule has 1 aliphatic heterocycles. The first-order valence-corrected chi connectivity index (χ1v) is 6.57. The van der Waals surface area contributed by atoms with Crippen LogP contribution < -0.4 is 5.32 Å². The first kappa shape index (κ1) is 13.0. The molecular weight excluding hydrogens is 226 g/mol. The predicted molar refractivity (Wildman–Crippen MR) is 71.3 cm³/mol. The van der Waals surface area contributed by atoms with Gasteiger partial charge in [-0.15, -0.1) is 0 Å². The van der Waals surface area contributed by atoms with Crippen LogP contribution in [0.15, 0.2) is 18.3 Å². The van der Waals surface area contributed by atoms with Crippen LogP contribution in [-0.4, -0.2) is 42.0 Å². The number of amides is 1. The van der Waals surface area contributed by atoms with Crippen molar-refractivity contribution in [2.75, 3.05) is 20.1 Å². The fraction of sp³-hybridized carbons (Fsp3) is 0.571. The van der Waals surface area contributed by atoms with E-state index in [0.29, 0.717) is 12.5 Å². The molecule has 0 aromatic carbocycles. The zero-order valence-electron chi connectivity index (χ0n) is 11.1. The third-order valence-electron chi connectivity index (χ3n) is 3.57. The number of carbonyl (C=O) groups excluding carboxylic acids is 1. The lowest BCUT2D eigenvalue weighted by molar-refractivity contribution is -0.131. The number of carbonyl (C=O) groups is 1. The van der Waals surface area contributed by atoms with Crippen LogP contribution in [0.25, 0.3) is 0 Å². The van der Waals surface area contributed by atoms with Crippen molar-refractivity contribution < 1.29 is 4.79 Å². The van der Waals surface area contributed by atoms with E-state index in [4.69, 9.17) is 0 Å². The Morgan fingerprint density at radius 2 is 2.44 bits per heavy atom. The van der Waals surface area contributed by atoms with E-state index in [-0.39, 0.29) is 5.91 Å². The van der Waals surface area contributed by atoms with Gasteiger partial charge in [-0.2, -0.15) is 0 Å². The van der Waals surface area contributed by atoms with Gasteiger partial charge in [0, 0.05) is 25.3 Å². The number of aromatic nitrogens is 1. The van der Waals surface area contributed by atoms with Crippen LogP contribution in [0.3, 0.4) is 0 Å². The van der Waals surface area contributed by atoms with E-state index in [0.717, 1.165) is 37.2 Å². The normalized spacial score (nSPS) is 19.2. The van der Waals surface area contributed by atoms with Crippen LogP contribution in [0.1, 0.15) is 24.1 Å². The van der Waals surface area contributed by atoms with E-state index < -0.39 is 0 Å². The van der Waals surface area contributed by atoms with Crippen molar-refractivity contribution in [3.63, 3.8) is 0 Å². The maximum Gasteiger partial charge on any atom is 0.228 e. The molecule has 1 aliphatic rings. The largest absolute Gasteiger partial charge is 0.338 e. The average Bonchev–Trinajstić information content (AvgIpc) is 2.81. The molecule has 4 heteroatoms. The topological polar surface area (TPSA) is 45.2 Å². The van der Waals surface area contributed by atoms with Gasteiger partial charge in [0.15, 0.2) is 0 Å². The van der Waals surface area contributed by atoms with Gasteiger partial charge < -0.3 is 10.2 Å². The zero-order valence-corrected chi connectivity index (χ0v) is 11.1. The van der Waals surface area contributed by atoms with Crippen molar-refractivity contribution >= 4 is 5.91 Å². The van der Waals surface area contributed by atoms with Gasteiger partial charge in [0.1, 0.15) is 0 Å². The molecule has 1 saturated heterocycles. The third kappa shape index (κ3) is 2.88. The van der Waals surface area contributed by atoms with Crippen LogP contribution in [0.4, 0.5) is 0 Å². The molecule has 1 unspecified atom stereocenters. The van der Waals surface area contributed by atoms with Gasteiger partial charge >= 0.3 is 0 Å². The molecule has 0 aliphatic carbocycles. The number of rotatable bonds is 4. The first-order chi connectivity index (χ1) is 8.72. The van der Waals surface area contributed by atoms with Crippen molar-refractivity contribution in [3.05, 3.63) is 29.6 Å². The number of pyridine rings is 1. The summed E-state index contributed by atoms with van der Waals surface area (Å²) in [7, 11) is 1.93. The Kier molecular flexibility index (Phi) is 4.31. The first-order valence-electron chi connectivity index (χ1n) is 6.57. The Morgan fingerprint density at radius 1 is 1.61 bits per heavy atom. The molecule has 0 radical (unpaired) electrons. The van der Waals surface area contributed by atoms with Gasteiger partial charge in [-0.25, -0.2) is 0 Å². The quantitative estimate of drug-likeness (QED) is 0.868. The smallest absolute Gasteiger partial charge is 0.228 e. The molecule has 0 spiro atoms. The Labute approximate surface area is 108 Å². The number of aryl methyl sites for hydroxylation is 1. The molecule has 0 bridgehead atoms. The van der Waals surface area contributed by atoms with Crippen molar-refractivity contribution in [1.29, 1.82) is 0 Å². The summed E-state index contributed by atoms with van der Waals surface area (Å²) in [5.74, 6) is 0.203. The van der Waals surface area contributed by atoms with Gasteiger partial charge in [0.25, 0.3) is 0 Å². The third-order valence-corrected chi connectivity index (χ3v) is 3.57. The van der Waals surface area contributed by atoms with Gasteiger partial charge in [0.2, 0.25) is 5.91 Å². The van der Waals surface area contributed by atoms with Crippen LogP contribution >= 0.6 is 0 Å². The summed E-state index contributed by atoms with van der Waals surface area (Å²) in [6.45, 7) is 3.77. The highest BCUT2D eigenvalue weighted by Crippen LogP contribution is 2.18. The fourth-order valence-electron chi connectivity index (χ4n) is 2.56. The molecule has 1 N–H and O–H groups in total. The van der Waals surface area contributed by atoms with Crippen molar-refractivity contribution in [3.8, 4) is 0 Å². The average molecular weight is 247 g/mol. The Balaban J connectivity index is 2.01. The van der Waals surface area contributed by atoms with E-state index >= 15 is 0 Å². The molecule has 18 heavy (non-hydrogen) atoms. The summed E-state index contributed by atoms with van der Waals surface area (Å²) in [4.78, 5) is 18.6. The van der Waals surface area contributed by atoms with Crippen molar-refractivity contribution in [1.82, 2.24) is 15.2 Å². The number of likely N-dealkylation sites (tertiary alicyclic amines) is 1. The highest BCUT2D eigenvalue weighted by atomic mass is 16.2. The minimum absolute atomic E-state index is 0.203. The van der Waals surface area contributed by atoms with E-state index in [9.17, 15) is 4.79 Å². The molecule has 1 aromatic rings. The Bertz CT molecular complexity index is 419. The molecule has 0 saturated carbocycles. The summed E-state index contributed by atoms with van der Waals surface area (Å²) >= 11 is 0. The summed E-state index contributed by atoms with van der Waals surface area (Å²) in [6.07, 6.45) is 4.39. The highest BCUT2D eigenvalue weighted by molar-refractivity contribution is 5.79. The number of nitrogens with one attached hydrogen (secondary N) is 1. The van der Waals surface area contributed by atoms with Crippen LogP contribution in [0, 0.1) is 6.92 Å². The molecule has 4 nitrogen and oxygen atoms in total. The highest BCUT2D eigenvalue weighted by Gasteiger charge is 2.28. The van der Waals surface area contributed by atoms with Crippen LogP contribution in [-0.2, 0) is 11.2 Å². The summed E-state index contributed by atoms with van der Waals surface area (Å²) in [5, 5.41) is 3.16. The minimum Gasteiger partial charge on any atom is -0.338 e. The maximum absolute atomic E-state index is 12.3. The van der Waals surface area contributed by atoms with E-state index in [1.807, 2.05) is 31.0 Å². The molecule has 98 valence electrons. The Hall–Kier alpha value is -1.42. The van der Waals surface area contributed by atoms with Crippen molar-refractivity contribution in [2.24, 2.45) is 0 Å². The van der Waals surface area contributed by atoms with E-state index in [1.165, 1.54) is 0 Å². The van der Waals surface area contributed by atoms with Gasteiger partial charge in [-0.1, -0.05) is 6.07 Å². The maximum atomic E-state index is 12.3. The molecule has 2 heterocycles. The number of nitrogens with zero attached hydrogens (tertiary/aromatic N) is 2. The lowest BCUT2D eigenvalue weighted by Crippen LogP contribution is -2.41. The van der Waals surface area contributed by atoms with Gasteiger partial charge in [0.05, 0.1) is 12.1 Å². The minimum atomic E-state index is 0.203. The summed E-state index contributed by atoms with van der Waals surface area (Å²) in [6, 6.07) is 4.26. The standard InChI is InChI=1S/C14H21N3O/c1-11-5-3-7-16-13(11)9-14(18)17-8-4-6-12(17)10-15-2/h3,5,7,12,15H,4,6,8-10H2,1-2H3. The number of hydrogen-bond donors (Lipinski definition) is 1. The SMILES string of the molecule is CNCC1CCCN1C(=O)Cc1ncccc1C. The molecule has 2 rings (SSSR count). The zero-order chi connectivity index (χ0) is 13.0. The molecule has 1 atom stereocenters. The van der Waals surface area contributed by atoms with E-state index in [1.54, 1.807) is 6.20 Å². The predicted octanol–water partition coefficient (Wildman–Crippen LogP) is 1.14. The lowest BCUT2D eigenvalue weighted by atomic mass is 10.1.